The number of halogens is 1. The average Bonchev–Trinajstić information content (AvgIpc) is 2.39. The normalized spacial score (nSPS) is 10.4. The molecule has 0 aliphatic rings. The molecule has 0 saturated heterocycles. The summed E-state index contributed by atoms with van der Waals surface area (Å²) in [7, 11) is 0. The van der Waals surface area contributed by atoms with Crippen molar-refractivity contribution in [3.8, 4) is 0 Å². The third-order valence-electron chi connectivity index (χ3n) is 2.81. The molecule has 0 aliphatic heterocycles. The molecule has 0 fully saturated rings. The first kappa shape index (κ1) is 15.2. The highest BCUT2D eigenvalue weighted by Gasteiger charge is 2.18. The van der Waals surface area contributed by atoms with Crippen LogP contribution in [0.1, 0.15) is 50.0 Å². The molecule has 0 aromatic carbocycles. The van der Waals surface area contributed by atoms with E-state index in [0.717, 1.165) is 43.2 Å². The molecule has 1 aromatic rings. The quantitative estimate of drug-likeness (QED) is 0.765. The number of nitrogens with zero attached hydrogens (tertiary/aromatic N) is 2. The number of hydrogen-bond donors (Lipinski definition) is 0. The summed E-state index contributed by atoms with van der Waals surface area (Å²) in [5.41, 5.74) is 0.518. The highest BCUT2D eigenvalue weighted by molar-refractivity contribution is 9.10. The van der Waals surface area contributed by atoms with Gasteiger partial charge in [-0.2, -0.15) is 0 Å². The second-order valence-electron chi connectivity index (χ2n) is 4.33. The molecule has 100 valence electrons. The van der Waals surface area contributed by atoms with Crippen molar-refractivity contribution in [2.24, 2.45) is 0 Å². The van der Waals surface area contributed by atoms with Crippen LogP contribution in [0.4, 0.5) is 0 Å². The largest absolute Gasteiger partial charge is 0.337 e. The fourth-order valence-corrected chi connectivity index (χ4v) is 2.13. The third-order valence-corrected chi connectivity index (χ3v) is 3.45. The van der Waals surface area contributed by atoms with Crippen molar-refractivity contribution < 1.29 is 4.79 Å². The molecule has 1 rings (SSSR count). The Morgan fingerprint density at radius 2 is 1.89 bits per heavy atom. The lowest BCUT2D eigenvalue weighted by Crippen LogP contribution is -2.33. The van der Waals surface area contributed by atoms with Gasteiger partial charge in [0.2, 0.25) is 0 Å². The van der Waals surface area contributed by atoms with Gasteiger partial charge in [-0.25, -0.2) is 4.98 Å². The first-order chi connectivity index (χ1) is 8.70. The molecule has 3 nitrogen and oxygen atoms in total. The van der Waals surface area contributed by atoms with Crippen molar-refractivity contribution in [3.05, 3.63) is 28.5 Å². The van der Waals surface area contributed by atoms with Gasteiger partial charge in [-0.05, 0) is 40.9 Å². The van der Waals surface area contributed by atoms with Crippen molar-refractivity contribution in [1.29, 1.82) is 0 Å². The Labute approximate surface area is 118 Å². The summed E-state index contributed by atoms with van der Waals surface area (Å²) < 4.78 is 0.771. The number of rotatable bonds is 7. The summed E-state index contributed by atoms with van der Waals surface area (Å²) in [4.78, 5) is 18.5. The monoisotopic (exact) mass is 312 g/mol. The van der Waals surface area contributed by atoms with Crippen LogP contribution in [0, 0.1) is 0 Å². The highest BCUT2D eigenvalue weighted by atomic mass is 79.9. The van der Waals surface area contributed by atoms with Crippen molar-refractivity contribution in [2.75, 3.05) is 13.1 Å². The van der Waals surface area contributed by atoms with E-state index in [1.165, 1.54) is 0 Å². The van der Waals surface area contributed by atoms with Gasteiger partial charge in [-0.3, -0.25) is 4.79 Å². The molecule has 0 saturated carbocycles. The van der Waals surface area contributed by atoms with Gasteiger partial charge in [-0.1, -0.05) is 26.7 Å². The predicted octanol–water partition coefficient (Wildman–Crippen LogP) is 3.89. The lowest BCUT2D eigenvalue weighted by molar-refractivity contribution is 0.0744. The van der Waals surface area contributed by atoms with Gasteiger partial charge < -0.3 is 4.90 Å². The Morgan fingerprint density at radius 1 is 1.28 bits per heavy atom. The molecule has 0 spiro atoms. The van der Waals surface area contributed by atoms with E-state index in [1.807, 2.05) is 17.0 Å². The van der Waals surface area contributed by atoms with Gasteiger partial charge >= 0.3 is 0 Å². The predicted molar refractivity (Wildman–Crippen MR) is 77.7 cm³/mol. The lowest BCUT2D eigenvalue weighted by Gasteiger charge is -2.22. The SMILES string of the molecule is CCCCN(CCCC)C(=O)c1ncccc1Br. The van der Waals surface area contributed by atoms with Crippen LogP contribution >= 0.6 is 15.9 Å². The Morgan fingerprint density at radius 3 is 2.39 bits per heavy atom. The summed E-state index contributed by atoms with van der Waals surface area (Å²) in [5.74, 6) is 0.0318. The standard InChI is InChI=1S/C14H21BrN2O/c1-3-5-10-17(11-6-4-2)14(18)13-12(15)8-7-9-16-13/h7-9H,3-6,10-11H2,1-2H3. The van der Waals surface area contributed by atoms with Crippen LogP contribution in [-0.4, -0.2) is 28.9 Å². The highest BCUT2D eigenvalue weighted by Crippen LogP contribution is 2.16. The van der Waals surface area contributed by atoms with Crippen LogP contribution < -0.4 is 0 Å². The topological polar surface area (TPSA) is 33.2 Å². The minimum atomic E-state index is 0.0318. The summed E-state index contributed by atoms with van der Waals surface area (Å²) >= 11 is 3.39. The fraction of sp³-hybridized carbons (Fsp3) is 0.571. The van der Waals surface area contributed by atoms with Crippen LogP contribution in [0.15, 0.2) is 22.8 Å². The Kier molecular flexibility index (Phi) is 6.94. The van der Waals surface area contributed by atoms with E-state index in [9.17, 15) is 4.79 Å². The Balaban J connectivity index is 2.77. The molecule has 0 aliphatic carbocycles. The second kappa shape index (κ2) is 8.25. The first-order valence-electron chi connectivity index (χ1n) is 6.60. The molecule has 0 bridgehead atoms. The molecule has 18 heavy (non-hydrogen) atoms. The zero-order valence-electron chi connectivity index (χ0n) is 11.2. The molecular formula is C14H21BrN2O. The third kappa shape index (κ3) is 4.41. The smallest absolute Gasteiger partial charge is 0.273 e. The number of pyridine rings is 1. The Hall–Kier alpha value is -0.900. The number of amides is 1. The zero-order chi connectivity index (χ0) is 13.4. The van der Waals surface area contributed by atoms with E-state index >= 15 is 0 Å². The van der Waals surface area contributed by atoms with E-state index in [-0.39, 0.29) is 5.91 Å². The van der Waals surface area contributed by atoms with Gasteiger partial charge in [0, 0.05) is 23.8 Å². The van der Waals surface area contributed by atoms with E-state index < -0.39 is 0 Å². The number of hydrogen-bond acceptors (Lipinski definition) is 2. The average molecular weight is 313 g/mol. The molecule has 1 heterocycles. The molecule has 0 radical (unpaired) electrons. The lowest BCUT2D eigenvalue weighted by atomic mass is 10.2. The molecule has 0 N–H and O–H groups in total. The van der Waals surface area contributed by atoms with Crippen LogP contribution in [0.3, 0.4) is 0 Å². The Bertz CT molecular complexity index is 374. The summed E-state index contributed by atoms with van der Waals surface area (Å²) in [6.45, 7) is 5.91. The molecular weight excluding hydrogens is 292 g/mol. The van der Waals surface area contributed by atoms with Crippen LogP contribution in [-0.2, 0) is 0 Å². The molecule has 1 amide bonds. The van der Waals surface area contributed by atoms with Crippen LogP contribution in [0.25, 0.3) is 0 Å². The number of carbonyl (C=O) groups is 1. The van der Waals surface area contributed by atoms with Gasteiger partial charge in [0.1, 0.15) is 5.69 Å². The van der Waals surface area contributed by atoms with Gasteiger partial charge in [0.05, 0.1) is 0 Å². The number of aromatic nitrogens is 1. The summed E-state index contributed by atoms with van der Waals surface area (Å²) in [6, 6.07) is 3.68. The van der Waals surface area contributed by atoms with Crippen molar-refractivity contribution in [1.82, 2.24) is 9.88 Å². The number of carbonyl (C=O) groups excluding carboxylic acids is 1. The minimum Gasteiger partial charge on any atom is -0.337 e. The molecule has 0 unspecified atom stereocenters. The minimum absolute atomic E-state index is 0.0318. The van der Waals surface area contributed by atoms with E-state index in [2.05, 4.69) is 34.8 Å². The number of unbranched alkanes of at least 4 members (excludes halogenated alkanes) is 2. The van der Waals surface area contributed by atoms with Gasteiger partial charge in [0.25, 0.3) is 5.91 Å². The zero-order valence-corrected chi connectivity index (χ0v) is 12.7. The maximum Gasteiger partial charge on any atom is 0.273 e. The first-order valence-corrected chi connectivity index (χ1v) is 7.39. The van der Waals surface area contributed by atoms with E-state index in [1.54, 1.807) is 6.20 Å². The maximum atomic E-state index is 12.4. The van der Waals surface area contributed by atoms with Crippen molar-refractivity contribution >= 4 is 21.8 Å². The maximum absolute atomic E-state index is 12.4. The van der Waals surface area contributed by atoms with Gasteiger partial charge in [-0.15, -0.1) is 0 Å². The van der Waals surface area contributed by atoms with Crippen LogP contribution in [0.5, 0.6) is 0 Å². The summed E-state index contributed by atoms with van der Waals surface area (Å²) in [6.07, 6.45) is 5.94. The molecule has 4 heteroatoms. The fourth-order valence-electron chi connectivity index (χ4n) is 1.71. The van der Waals surface area contributed by atoms with Crippen molar-refractivity contribution in [2.45, 2.75) is 39.5 Å². The molecule has 1 aromatic heterocycles. The second-order valence-corrected chi connectivity index (χ2v) is 5.19. The summed E-state index contributed by atoms with van der Waals surface area (Å²) in [5, 5.41) is 0. The van der Waals surface area contributed by atoms with E-state index in [4.69, 9.17) is 0 Å². The van der Waals surface area contributed by atoms with E-state index in [0.29, 0.717) is 5.69 Å². The van der Waals surface area contributed by atoms with Gasteiger partial charge in [0.15, 0.2) is 0 Å². The molecule has 0 atom stereocenters. The van der Waals surface area contributed by atoms with Crippen LogP contribution in [0.2, 0.25) is 0 Å². The van der Waals surface area contributed by atoms with Crippen molar-refractivity contribution in [3.63, 3.8) is 0 Å².